The molecule has 4 aromatic rings. The molecule has 0 saturated carbocycles. The van der Waals surface area contributed by atoms with Crippen LogP contribution in [-0.2, 0) is 9.59 Å². The van der Waals surface area contributed by atoms with Crippen molar-refractivity contribution in [2.24, 2.45) is 0 Å². The van der Waals surface area contributed by atoms with Gasteiger partial charge in [0.2, 0.25) is 11.8 Å². The van der Waals surface area contributed by atoms with Gasteiger partial charge in [0, 0.05) is 24.6 Å². The Labute approximate surface area is 196 Å². The van der Waals surface area contributed by atoms with Crippen LogP contribution < -0.4 is 10.2 Å². The van der Waals surface area contributed by atoms with Gasteiger partial charge in [-0.2, -0.15) is 0 Å². The molecule has 1 N–H and O–H groups in total. The summed E-state index contributed by atoms with van der Waals surface area (Å²) in [5.74, 6) is -0.402. The molecule has 4 rings (SSSR count). The van der Waals surface area contributed by atoms with Crippen LogP contribution in [0.2, 0.25) is 0 Å². The van der Waals surface area contributed by atoms with E-state index in [2.05, 4.69) is 15.3 Å². The van der Waals surface area contributed by atoms with Gasteiger partial charge in [-0.3, -0.25) is 19.5 Å². The number of hydrogen-bond donors (Lipinski definition) is 1. The molecule has 1 atom stereocenters. The number of hydrogen-bond acceptors (Lipinski definition) is 5. The fourth-order valence-electron chi connectivity index (χ4n) is 3.33. The maximum absolute atomic E-state index is 12.7. The first-order valence-electron chi connectivity index (χ1n) is 10.4. The second-order valence-corrected chi connectivity index (χ2v) is 8.02. The highest BCUT2D eigenvalue weighted by Crippen LogP contribution is 2.29. The number of carbonyl (C=O) groups excluding carboxylic acids is 2. The van der Waals surface area contributed by atoms with Crippen LogP contribution in [0.25, 0.3) is 6.08 Å². The molecule has 2 heterocycles. The average Bonchev–Trinajstić information content (AvgIpc) is 3.31. The van der Waals surface area contributed by atoms with E-state index in [-0.39, 0.29) is 17.9 Å². The lowest BCUT2D eigenvalue weighted by molar-refractivity contribution is -0.117. The first-order chi connectivity index (χ1) is 16.1. The Kier molecular flexibility index (Phi) is 7.02. The number of aromatic nitrogens is 2. The van der Waals surface area contributed by atoms with Crippen LogP contribution in [-0.4, -0.2) is 21.8 Å². The molecule has 0 aliphatic carbocycles. The lowest BCUT2D eigenvalue weighted by atomic mass is 10.0. The SMILES string of the molecule is CC(=O)N(c1ccccc1)c1nc(/C=C/C(=O)NC(c2ccccc2)c2ccccn2)cs1. The Bertz CT molecular complexity index is 1200. The van der Waals surface area contributed by atoms with Gasteiger partial charge >= 0.3 is 0 Å². The topological polar surface area (TPSA) is 75.2 Å². The van der Waals surface area contributed by atoms with Crippen molar-refractivity contribution in [2.75, 3.05) is 4.90 Å². The molecule has 2 amide bonds. The second-order valence-electron chi connectivity index (χ2n) is 7.19. The molecule has 2 aromatic carbocycles. The Balaban J connectivity index is 1.50. The zero-order valence-electron chi connectivity index (χ0n) is 18.0. The largest absolute Gasteiger partial charge is 0.340 e. The van der Waals surface area contributed by atoms with Gasteiger partial charge < -0.3 is 5.32 Å². The molecule has 2 aromatic heterocycles. The number of thiazole rings is 1. The van der Waals surface area contributed by atoms with E-state index in [1.54, 1.807) is 17.2 Å². The fraction of sp³-hybridized carbons (Fsp3) is 0.0769. The van der Waals surface area contributed by atoms with Crippen LogP contribution in [0.1, 0.15) is 29.9 Å². The molecule has 0 spiro atoms. The molecule has 0 fully saturated rings. The molecule has 33 heavy (non-hydrogen) atoms. The maximum Gasteiger partial charge on any atom is 0.244 e. The van der Waals surface area contributed by atoms with E-state index in [1.165, 1.54) is 24.3 Å². The van der Waals surface area contributed by atoms with Crippen molar-refractivity contribution in [3.63, 3.8) is 0 Å². The number of rotatable bonds is 7. The highest BCUT2D eigenvalue weighted by Gasteiger charge is 2.18. The van der Waals surface area contributed by atoms with E-state index in [9.17, 15) is 9.59 Å². The van der Waals surface area contributed by atoms with Crippen molar-refractivity contribution in [3.8, 4) is 0 Å². The highest BCUT2D eigenvalue weighted by molar-refractivity contribution is 7.14. The summed E-state index contributed by atoms with van der Waals surface area (Å²) in [6, 6.07) is 24.3. The van der Waals surface area contributed by atoms with Gasteiger partial charge in [-0.05, 0) is 35.9 Å². The third-order valence-electron chi connectivity index (χ3n) is 4.84. The smallest absolute Gasteiger partial charge is 0.244 e. The molecule has 164 valence electrons. The molecule has 7 heteroatoms. The number of nitrogens with one attached hydrogen (secondary N) is 1. The minimum Gasteiger partial charge on any atom is -0.340 e. The van der Waals surface area contributed by atoms with E-state index in [0.717, 1.165) is 16.9 Å². The summed E-state index contributed by atoms with van der Waals surface area (Å²) in [6.07, 6.45) is 4.79. The number of nitrogens with zero attached hydrogens (tertiary/aromatic N) is 3. The summed E-state index contributed by atoms with van der Waals surface area (Å²) in [7, 11) is 0. The van der Waals surface area contributed by atoms with Gasteiger partial charge in [0.25, 0.3) is 0 Å². The summed E-state index contributed by atoms with van der Waals surface area (Å²) in [6.45, 7) is 1.50. The van der Waals surface area contributed by atoms with Crippen molar-refractivity contribution < 1.29 is 9.59 Å². The van der Waals surface area contributed by atoms with Gasteiger partial charge in [-0.15, -0.1) is 11.3 Å². The van der Waals surface area contributed by atoms with Gasteiger partial charge in [0.05, 0.1) is 23.1 Å². The lowest BCUT2D eigenvalue weighted by Crippen LogP contribution is -2.28. The van der Waals surface area contributed by atoms with Crippen LogP contribution in [0.5, 0.6) is 0 Å². The quantitative estimate of drug-likeness (QED) is 0.392. The Morgan fingerprint density at radius 3 is 2.33 bits per heavy atom. The van der Waals surface area contributed by atoms with Gasteiger partial charge in [-0.25, -0.2) is 4.98 Å². The Morgan fingerprint density at radius 2 is 1.67 bits per heavy atom. The third kappa shape index (κ3) is 5.58. The molecule has 0 radical (unpaired) electrons. The lowest BCUT2D eigenvalue weighted by Gasteiger charge is -2.18. The molecule has 0 saturated heterocycles. The number of amides is 2. The summed E-state index contributed by atoms with van der Waals surface area (Å²) in [5, 5.41) is 5.37. The van der Waals surface area contributed by atoms with Gasteiger partial charge in [0.1, 0.15) is 0 Å². The van der Waals surface area contributed by atoms with Crippen molar-refractivity contribution in [2.45, 2.75) is 13.0 Å². The first-order valence-corrected chi connectivity index (χ1v) is 11.3. The molecular formula is C26H22N4O2S. The van der Waals surface area contributed by atoms with E-state index >= 15 is 0 Å². The predicted octanol–water partition coefficient (Wildman–Crippen LogP) is 5.14. The molecule has 0 aliphatic heterocycles. The van der Waals surface area contributed by atoms with Crippen LogP contribution in [0.3, 0.4) is 0 Å². The van der Waals surface area contributed by atoms with Crippen LogP contribution in [0.15, 0.2) is 96.5 Å². The van der Waals surface area contributed by atoms with Gasteiger partial charge in [-0.1, -0.05) is 54.6 Å². The predicted molar refractivity (Wildman–Crippen MR) is 131 cm³/mol. The summed E-state index contributed by atoms with van der Waals surface area (Å²) in [5.41, 5.74) is 3.03. The standard InChI is InChI=1S/C26H22N4O2S/c1-19(31)30(22-12-6-3-7-13-22)26-28-21(18-33-26)15-16-24(32)29-25(20-10-4-2-5-11-20)23-14-8-9-17-27-23/h2-18,25H,1H3,(H,29,32)/b16-15+. The van der Waals surface area contributed by atoms with E-state index in [1.807, 2.05) is 84.2 Å². The van der Waals surface area contributed by atoms with Crippen LogP contribution >= 0.6 is 11.3 Å². The summed E-state index contributed by atoms with van der Waals surface area (Å²) < 4.78 is 0. The molecule has 0 aliphatic rings. The van der Waals surface area contributed by atoms with Gasteiger partial charge in [0.15, 0.2) is 5.13 Å². The fourth-order valence-corrected chi connectivity index (χ4v) is 4.19. The van der Waals surface area contributed by atoms with E-state index < -0.39 is 0 Å². The van der Waals surface area contributed by atoms with E-state index in [4.69, 9.17) is 0 Å². The number of carbonyl (C=O) groups is 2. The molecule has 6 nitrogen and oxygen atoms in total. The summed E-state index contributed by atoms with van der Waals surface area (Å²) >= 11 is 1.34. The minimum atomic E-state index is -0.373. The monoisotopic (exact) mass is 454 g/mol. The highest BCUT2D eigenvalue weighted by atomic mass is 32.1. The minimum absolute atomic E-state index is 0.134. The van der Waals surface area contributed by atoms with Crippen molar-refractivity contribution in [1.29, 1.82) is 0 Å². The van der Waals surface area contributed by atoms with E-state index in [0.29, 0.717) is 10.8 Å². The molecule has 0 bridgehead atoms. The third-order valence-corrected chi connectivity index (χ3v) is 5.68. The number of pyridine rings is 1. The Morgan fingerprint density at radius 1 is 0.970 bits per heavy atom. The average molecular weight is 455 g/mol. The maximum atomic E-state index is 12.7. The number of benzene rings is 2. The van der Waals surface area contributed by atoms with Crippen molar-refractivity contribution in [3.05, 3.63) is 113 Å². The molecule has 1 unspecified atom stereocenters. The summed E-state index contributed by atoms with van der Waals surface area (Å²) in [4.78, 5) is 35.4. The Hall–Kier alpha value is -4.10. The number of para-hydroxylation sites is 1. The normalized spacial score (nSPS) is 11.8. The van der Waals surface area contributed by atoms with Crippen molar-refractivity contribution in [1.82, 2.24) is 15.3 Å². The number of anilines is 2. The zero-order chi connectivity index (χ0) is 23.0. The molecular weight excluding hydrogens is 432 g/mol. The van der Waals surface area contributed by atoms with Crippen molar-refractivity contribution >= 4 is 40.0 Å². The van der Waals surface area contributed by atoms with Crippen LogP contribution in [0.4, 0.5) is 10.8 Å². The second kappa shape index (κ2) is 10.5. The van der Waals surface area contributed by atoms with Crippen LogP contribution in [0, 0.1) is 0 Å². The zero-order valence-corrected chi connectivity index (χ0v) is 18.8. The first kappa shape index (κ1) is 22.1.